The molecule has 0 fully saturated rings. The number of amides is 1. The molecule has 1 aromatic carbocycles. The molecule has 6 heteroatoms. The number of aromatic amines is 1. The monoisotopic (exact) mass is 289 g/mol. The number of hydrogen-bond acceptors (Lipinski definition) is 3. The summed E-state index contributed by atoms with van der Waals surface area (Å²) in [6.45, 7) is 0.0312. The average molecular weight is 290 g/mol. The summed E-state index contributed by atoms with van der Waals surface area (Å²) in [6.07, 6.45) is -0.891. The second-order valence-corrected chi connectivity index (χ2v) is 4.55. The van der Waals surface area contributed by atoms with Crippen molar-refractivity contribution in [2.75, 3.05) is 6.54 Å². The lowest BCUT2D eigenvalue weighted by molar-refractivity contribution is 0.0912. The van der Waals surface area contributed by atoms with Crippen LogP contribution in [0, 0.1) is 11.3 Å². The minimum atomic E-state index is -0.891. The third kappa shape index (κ3) is 3.18. The molecule has 1 heterocycles. The van der Waals surface area contributed by atoms with Gasteiger partial charge in [0.1, 0.15) is 17.5 Å². The Morgan fingerprint density at radius 3 is 2.80 bits per heavy atom. The number of rotatable bonds is 4. The van der Waals surface area contributed by atoms with E-state index in [0.29, 0.717) is 16.3 Å². The Bertz CT molecular complexity index is 660. The SMILES string of the molecule is N#Cc1ccc(C(=O)NCC(O)c2ccccc2Cl)[nH]1. The highest BCUT2D eigenvalue weighted by atomic mass is 35.5. The van der Waals surface area contributed by atoms with E-state index in [1.165, 1.54) is 12.1 Å². The number of nitrogens with one attached hydrogen (secondary N) is 2. The van der Waals surface area contributed by atoms with Gasteiger partial charge in [0.2, 0.25) is 0 Å². The highest BCUT2D eigenvalue weighted by Crippen LogP contribution is 2.21. The highest BCUT2D eigenvalue weighted by molar-refractivity contribution is 6.31. The predicted octanol–water partition coefficient (Wildman–Crippen LogP) is 2.00. The zero-order chi connectivity index (χ0) is 14.5. The summed E-state index contributed by atoms with van der Waals surface area (Å²) >= 11 is 5.96. The van der Waals surface area contributed by atoms with Crippen LogP contribution in [0.15, 0.2) is 36.4 Å². The van der Waals surface area contributed by atoms with Gasteiger partial charge in [0.15, 0.2) is 0 Å². The summed E-state index contributed by atoms with van der Waals surface area (Å²) in [5.41, 5.74) is 1.13. The Morgan fingerprint density at radius 1 is 1.40 bits per heavy atom. The summed E-state index contributed by atoms with van der Waals surface area (Å²) in [5, 5.41) is 21.7. The number of carbonyl (C=O) groups is 1. The molecule has 102 valence electrons. The molecular weight excluding hydrogens is 278 g/mol. The zero-order valence-electron chi connectivity index (χ0n) is 10.4. The van der Waals surface area contributed by atoms with Crippen LogP contribution in [-0.2, 0) is 0 Å². The van der Waals surface area contributed by atoms with Crippen LogP contribution in [0.1, 0.15) is 27.8 Å². The molecule has 5 nitrogen and oxygen atoms in total. The van der Waals surface area contributed by atoms with E-state index in [2.05, 4.69) is 10.3 Å². The van der Waals surface area contributed by atoms with Crippen molar-refractivity contribution in [2.45, 2.75) is 6.10 Å². The van der Waals surface area contributed by atoms with Crippen LogP contribution in [0.25, 0.3) is 0 Å². The molecule has 2 aromatic rings. The van der Waals surface area contributed by atoms with Crippen molar-refractivity contribution in [3.05, 3.63) is 58.4 Å². The fraction of sp³-hybridized carbons (Fsp3) is 0.143. The number of aliphatic hydroxyl groups excluding tert-OH is 1. The van der Waals surface area contributed by atoms with Crippen molar-refractivity contribution in [3.63, 3.8) is 0 Å². The zero-order valence-corrected chi connectivity index (χ0v) is 11.2. The van der Waals surface area contributed by atoms with E-state index in [9.17, 15) is 9.90 Å². The van der Waals surface area contributed by atoms with Gasteiger partial charge in [-0.1, -0.05) is 29.8 Å². The third-order valence-corrected chi connectivity index (χ3v) is 3.12. The molecule has 1 amide bonds. The fourth-order valence-corrected chi connectivity index (χ4v) is 1.99. The normalized spacial score (nSPS) is 11.7. The molecule has 0 spiro atoms. The van der Waals surface area contributed by atoms with Crippen LogP contribution < -0.4 is 5.32 Å². The lowest BCUT2D eigenvalue weighted by Gasteiger charge is -2.13. The van der Waals surface area contributed by atoms with Crippen LogP contribution in [0.3, 0.4) is 0 Å². The maximum Gasteiger partial charge on any atom is 0.267 e. The number of carbonyl (C=O) groups excluding carboxylic acids is 1. The third-order valence-electron chi connectivity index (χ3n) is 2.77. The molecule has 0 aliphatic heterocycles. The molecule has 1 atom stereocenters. The Kier molecular flexibility index (Phi) is 4.41. The summed E-state index contributed by atoms with van der Waals surface area (Å²) in [5.74, 6) is -0.391. The largest absolute Gasteiger partial charge is 0.387 e. The van der Waals surface area contributed by atoms with E-state index in [0.717, 1.165) is 0 Å². The second kappa shape index (κ2) is 6.24. The van der Waals surface area contributed by atoms with Crippen molar-refractivity contribution < 1.29 is 9.90 Å². The van der Waals surface area contributed by atoms with Crippen molar-refractivity contribution in [1.82, 2.24) is 10.3 Å². The maximum absolute atomic E-state index is 11.8. The molecule has 0 radical (unpaired) electrons. The Labute approximate surface area is 120 Å². The van der Waals surface area contributed by atoms with E-state index >= 15 is 0 Å². The molecule has 1 unspecified atom stereocenters. The first kappa shape index (κ1) is 14.1. The Balaban J connectivity index is 1.97. The van der Waals surface area contributed by atoms with Gasteiger partial charge in [-0.3, -0.25) is 4.79 Å². The van der Waals surface area contributed by atoms with Crippen LogP contribution in [0.2, 0.25) is 5.02 Å². The first-order valence-electron chi connectivity index (χ1n) is 5.91. The predicted molar refractivity (Wildman–Crippen MR) is 74.3 cm³/mol. The molecule has 0 bridgehead atoms. The van der Waals surface area contributed by atoms with Gasteiger partial charge >= 0.3 is 0 Å². The Hall–Kier alpha value is -2.29. The fourth-order valence-electron chi connectivity index (χ4n) is 1.73. The van der Waals surface area contributed by atoms with Crippen molar-refractivity contribution in [3.8, 4) is 6.07 Å². The van der Waals surface area contributed by atoms with Gasteiger partial charge in [-0.15, -0.1) is 0 Å². The minimum absolute atomic E-state index is 0.0312. The van der Waals surface area contributed by atoms with E-state index in [-0.39, 0.29) is 12.2 Å². The summed E-state index contributed by atoms with van der Waals surface area (Å²) < 4.78 is 0. The second-order valence-electron chi connectivity index (χ2n) is 4.14. The topological polar surface area (TPSA) is 88.9 Å². The summed E-state index contributed by atoms with van der Waals surface area (Å²) in [4.78, 5) is 14.5. The molecule has 3 N–H and O–H groups in total. The van der Waals surface area contributed by atoms with E-state index < -0.39 is 12.0 Å². The standard InChI is InChI=1S/C14H12ClN3O2/c15-11-4-2-1-3-10(11)13(19)8-17-14(20)12-6-5-9(7-16)18-12/h1-6,13,18-19H,8H2,(H,17,20). The molecular formula is C14H12ClN3O2. The number of aliphatic hydroxyl groups is 1. The van der Waals surface area contributed by atoms with Gasteiger partial charge in [-0.05, 0) is 18.2 Å². The van der Waals surface area contributed by atoms with Gasteiger partial charge in [-0.25, -0.2) is 0 Å². The Morgan fingerprint density at radius 2 is 2.15 bits per heavy atom. The maximum atomic E-state index is 11.8. The molecule has 0 aliphatic carbocycles. The minimum Gasteiger partial charge on any atom is -0.387 e. The van der Waals surface area contributed by atoms with Crippen molar-refractivity contribution in [2.24, 2.45) is 0 Å². The number of benzene rings is 1. The number of halogens is 1. The van der Waals surface area contributed by atoms with Gasteiger partial charge in [-0.2, -0.15) is 5.26 Å². The number of nitriles is 1. The first-order chi connectivity index (χ1) is 9.61. The summed E-state index contributed by atoms with van der Waals surface area (Å²) in [7, 11) is 0. The van der Waals surface area contributed by atoms with Gasteiger partial charge < -0.3 is 15.4 Å². The van der Waals surface area contributed by atoms with Gasteiger partial charge in [0.05, 0.1) is 6.10 Å². The number of hydrogen-bond donors (Lipinski definition) is 3. The average Bonchev–Trinajstić information content (AvgIpc) is 2.94. The number of aromatic nitrogens is 1. The lowest BCUT2D eigenvalue weighted by Crippen LogP contribution is -2.28. The van der Waals surface area contributed by atoms with Crippen LogP contribution >= 0.6 is 11.6 Å². The number of nitrogens with zero attached hydrogens (tertiary/aromatic N) is 1. The molecule has 0 saturated carbocycles. The highest BCUT2D eigenvalue weighted by Gasteiger charge is 2.14. The van der Waals surface area contributed by atoms with Crippen LogP contribution in [-0.4, -0.2) is 22.5 Å². The lowest BCUT2D eigenvalue weighted by atomic mass is 10.1. The van der Waals surface area contributed by atoms with Crippen molar-refractivity contribution >= 4 is 17.5 Å². The van der Waals surface area contributed by atoms with E-state index in [1.54, 1.807) is 24.3 Å². The van der Waals surface area contributed by atoms with Gasteiger partial charge in [0.25, 0.3) is 5.91 Å². The van der Waals surface area contributed by atoms with Crippen LogP contribution in [0.5, 0.6) is 0 Å². The smallest absolute Gasteiger partial charge is 0.267 e. The summed E-state index contributed by atoms with van der Waals surface area (Å²) in [6, 6.07) is 11.8. The molecule has 2 rings (SSSR count). The molecule has 0 aliphatic rings. The van der Waals surface area contributed by atoms with Gasteiger partial charge in [0, 0.05) is 17.1 Å². The quantitative estimate of drug-likeness (QED) is 0.804. The molecule has 1 aromatic heterocycles. The van der Waals surface area contributed by atoms with Crippen LogP contribution in [0.4, 0.5) is 0 Å². The first-order valence-corrected chi connectivity index (χ1v) is 6.29. The number of H-pyrrole nitrogens is 1. The van der Waals surface area contributed by atoms with E-state index in [4.69, 9.17) is 16.9 Å². The van der Waals surface area contributed by atoms with Crippen molar-refractivity contribution in [1.29, 1.82) is 5.26 Å². The molecule has 20 heavy (non-hydrogen) atoms. The molecule has 0 saturated heterocycles. The van der Waals surface area contributed by atoms with E-state index in [1.807, 2.05) is 6.07 Å².